The van der Waals surface area contributed by atoms with E-state index in [0.29, 0.717) is 31.4 Å². The maximum Gasteiger partial charge on any atom is 0.317 e. The average molecular weight is 358 g/mol. The molecule has 7 heteroatoms. The van der Waals surface area contributed by atoms with Gasteiger partial charge in [0.05, 0.1) is 6.10 Å². The van der Waals surface area contributed by atoms with Gasteiger partial charge in [0.1, 0.15) is 6.61 Å². The molecule has 1 fully saturated rings. The van der Waals surface area contributed by atoms with Crippen LogP contribution in [0.3, 0.4) is 0 Å². The zero-order chi connectivity index (χ0) is 18.2. The highest BCUT2D eigenvalue weighted by atomic mass is 16.5. The Hall–Kier alpha value is -2.41. The van der Waals surface area contributed by atoms with Crippen molar-refractivity contribution in [3.05, 3.63) is 47.6 Å². The molecule has 7 nitrogen and oxygen atoms in total. The number of amides is 2. The zero-order valence-electron chi connectivity index (χ0n) is 15.2. The first kappa shape index (κ1) is 18.4. The molecule has 1 aliphatic rings. The number of carbonyl (C=O) groups excluding carboxylic acids is 1. The van der Waals surface area contributed by atoms with Crippen molar-refractivity contribution in [1.29, 1.82) is 0 Å². The van der Waals surface area contributed by atoms with Crippen LogP contribution in [0.4, 0.5) is 4.79 Å². The summed E-state index contributed by atoms with van der Waals surface area (Å²) in [5, 5.41) is 6.86. The van der Waals surface area contributed by atoms with Crippen molar-refractivity contribution in [2.24, 2.45) is 0 Å². The van der Waals surface area contributed by atoms with Crippen LogP contribution < -0.4 is 5.32 Å². The fourth-order valence-electron chi connectivity index (χ4n) is 3.01. The molecule has 26 heavy (non-hydrogen) atoms. The Kier molecular flexibility index (Phi) is 6.60. The predicted molar refractivity (Wildman–Crippen MR) is 96.6 cm³/mol. The molecule has 1 aromatic heterocycles. The zero-order valence-corrected chi connectivity index (χ0v) is 15.2. The van der Waals surface area contributed by atoms with Crippen LogP contribution >= 0.6 is 0 Å². The van der Waals surface area contributed by atoms with Crippen molar-refractivity contribution >= 4 is 6.03 Å². The fourth-order valence-corrected chi connectivity index (χ4v) is 3.01. The van der Waals surface area contributed by atoms with E-state index in [1.807, 2.05) is 30.0 Å². The van der Waals surface area contributed by atoms with Crippen molar-refractivity contribution in [2.45, 2.75) is 45.3 Å². The quantitative estimate of drug-likeness (QED) is 0.823. The molecule has 2 heterocycles. The molecule has 2 aromatic rings. The molecular weight excluding hydrogens is 332 g/mol. The Bertz CT molecular complexity index is 689. The van der Waals surface area contributed by atoms with Crippen LogP contribution in [0.15, 0.2) is 34.9 Å². The van der Waals surface area contributed by atoms with Crippen molar-refractivity contribution in [1.82, 2.24) is 20.4 Å². The number of aromatic nitrogens is 2. The van der Waals surface area contributed by atoms with Gasteiger partial charge in [0.25, 0.3) is 5.89 Å². The molecule has 1 atom stereocenters. The molecule has 0 unspecified atom stereocenters. The molecule has 3 rings (SSSR count). The third-order valence-corrected chi connectivity index (χ3v) is 4.47. The van der Waals surface area contributed by atoms with E-state index in [9.17, 15) is 4.79 Å². The molecule has 1 N–H and O–H groups in total. The van der Waals surface area contributed by atoms with E-state index in [0.717, 1.165) is 32.2 Å². The van der Waals surface area contributed by atoms with Crippen LogP contribution in [-0.2, 0) is 24.2 Å². The van der Waals surface area contributed by atoms with E-state index in [2.05, 4.69) is 27.6 Å². The molecule has 1 aromatic carbocycles. The summed E-state index contributed by atoms with van der Waals surface area (Å²) >= 11 is 0. The maximum absolute atomic E-state index is 12.4. The average Bonchev–Trinajstić information content (AvgIpc) is 3.15. The Morgan fingerprint density at radius 2 is 2.23 bits per heavy atom. The van der Waals surface area contributed by atoms with Gasteiger partial charge < -0.3 is 19.5 Å². The number of nitrogens with one attached hydrogen (secondary N) is 1. The number of urea groups is 1. The highest BCUT2D eigenvalue weighted by Gasteiger charge is 2.24. The van der Waals surface area contributed by atoms with Gasteiger partial charge in [0.2, 0.25) is 0 Å². The molecule has 1 saturated heterocycles. The number of likely N-dealkylation sites (tertiary alicyclic amines) is 1. The summed E-state index contributed by atoms with van der Waals surface area (Å²) < 4.78 is 11.0. The smallest absolute Gasteiger partial charge is 0.317 e. The van der Waals surface area contributed by atoms with Gasteiger partial charge in [-0.05, 0) is 24.8 Å². The van der Waals surface area contributed by atoms with Crippen LogP contribution in [0.2, 0.25) is 0 Å². The van der Waals surface area contributed by atoms with Crippen LogP contribution in [0.5, 0.6) is 0 Å². The highest BCUT2D eigenvalue weighted by molar-refractivity contribution is 5.74. The minimum atomic E-state index is -0.0275. The van der Waals surface area contributed by atoms with E-state index in [1.165, 1.54) is 5.56 Å². The van der Waals surface area contributed by atoms with Crippen LogP contribution in [0.25, 0.3) is 0 Å². The lowest BCUT2D eigenvalue weighted by atomic mass is 10.1. The number of hydrogen-bond donors (Lipinski definition) is 1. The van der Waals surface area contributed by atoms with E-state index in [1.54, 1.807) is 0 Å². The van der Waals surface area contributed by atoms with E-state index < -0.39 is 0 Å². The molecule has 1 aliphatic heterocycles. The number of aryl methyl sites for hydroxylation is 1. The Morgan fingerprint density at radius 1 is 1.38 bits per heavy atom. The lowest BCUT2D eigenvalue weighted by Crippen LogP contribution is -2.48. The minimum Gasteiger partial charge on any atom is -0.367 e. The van der Waals surface area contributed by atoms with Gasteiger partial charge in [-0.3, -0.25) is 0 Å². The van der Waals surface area contributed by atoms with Gasteiger partial charge in [0.15, 0.2) is 5.82 Å². The monoisotopic (exact) mass is 358 g/mol. The summed E-state index contributed by atoms with van der Waals surface area (Å²) in [6.07, 6.45) is 3.44. The number of hydrogen-bond acceptors (Lipinski definition) is 5. The molecular formula is C19H26N4O3. The summed E-state index contributed by atoms with van der Waals surface area (Å²) in [7, 11) is 0. The third kappa shape index (κ3) is 5.29. The highest BCUT2D eigenvalue weighted by Crippen LogP contribution is 2.15. The summed E-state index contributed by atoms with van der Waals surface area (Å²) in [5.74, 6) is 1.18. The topological polar surface area (TPSA) is 80.5 Å². The van der Waals surface area contributed by atoms with Gasteiger partial charge in [-0.15, -0.1) is 0 Å². The summed E-state index contributed by atoms with van der Waals surface area (Å²) in [4.78, 5) is 18.4. The van der Waals surface area contributed by atoms with Crippen molar-refractivity contribution in [3.8, 4) is 0 Å². The normalized spacial score (nSPS) is 17.3. The van der Waals surface area contributed by atoms with Crippen LogP contribution in [0, 0.1) is 0 Å². The first-order valence-corrected chi connectivity index (χ1v) is 9.24. The van der Waals surface area contributed by atoms with Crippen molar-refractivity contribution in [3.63, 3.8) is 0 Å². The first-order chi connectivity index (χ1) is 12.7. The van der Waals surface area contributed by atoms with Gasteiger partial charge >= 0.3 is 6.03 Å². The summed E-state index contributed by atoms with van der Waals surface area (Å²) in [6.45, 7) is 4.25. The standard InChI is InChI=1S/C19H26N4O3/c1-2-17-21-18(26-22-17)14-25-16-9-6-12-23(13-16)19(24)20-11-10-15-7-4-3-5-8-15/h3-5,7-8,16H,2,6,9-14H2,1H3,(H,20,24)/t16-/m0/s1. The van der Waals surface area contributed by atoms with Gasteiger partial charge in [-0.25, -0.2) is 4.79 Å². The summed E-state index contributed by atoms with van der Waals surface area (Å²) in [5.41, 5.74) is 1.22. The fraction of sp³-hybridized carbons (Fsp3) is 0.526. The predicted octanol–water partition coefficient (Wildman–Crippen LogP) is 2.57. The molecule has 0 spiro atoms. The number of rotatable bonds is 7. The molecule has 0 aliphatic carbocycles. The first-order valence-electron chi connectivity index (χ1n) is 9.24. The molecule has 140 valence electrons. The number of piperidine rings is 1. The lowest BCUT2D eigenvalue weighted by molar-refractivity contribution is -0.0103. The molecule has 0 bridgehead atoms. The SMILES string of the molecule is CCc1noc(CO[C@H]2CCCN(C(=O)NCCc3ccccc3)C2)n1. The Morgan fingerprint density at radius 3 is 3.00 bits per heavy atom. The third-order valence-electron chi connectivity index (χ3n) is 4.47. The largest absolute Gasteiger partial charge is 0.367 e. The van der Waals surface area contributed by atoms with Gasteiger partial charge in [-0.1, -0.05) is 42.4 Å². The maximum atomic E-state index is 12.4. The summed E-state index contributed by atoms with van der Waals surface area (Å²) in [6, 6.07) is 10.1. The van der Waals surface area contributed by atoms with E-state index in [4.69, 9.17) is 9.26 Å². The number of carbonyl (C=O) groups is 1. The number of benzene rings is 1. The van der Waals surface area contributed by atoms with Gasteiger partial charge in [-0.2, -0.15) is 4.98 Å². The second-order valence-electron chi connectivity index (χ2n) is 6.45. The lowest BCUT2D eigenvalue weighted by Gasteiger charge is -2.32. The second-order valence-corrected chi connectivity index (χ2v) is 6.45. The number of ether oxygens (including phenoxy) is 1. The number of nitrogens with zero attached hydrogens (tertiary/aromatic N) is 3. The Labute approximate surface area is 153 Å². The second kappa shape index (κ2) is 9.33. The minimum absolute atomic E-state index is 0.000555. The molecule has 2 amide bonds. The van der Waals surface area contributed by atoms with Crippen molar-refractivity contribution in [2.75, 3.05) is 19.6 Å². The van der Waals surface area contributed by atoms with E-state index in [-0.39, 0.29) is 12.1 Å². The molecule has 0 saturated carbocycles. The van der Waals surface area contributed by atoms with Crippen molar-refractivity contribution < 1.29 is 14.1 Å². The van der Waals surface area contributed by atoms with Crippen LogP contribution in [0.1, 0.15) is 37.0 Å². The van der Waals surface area contributed by atoms with E-state index >= 15 is 0 Å². The van der Waals surface area contributed by atoms with Crippen LogP contribution in [-0.4, -0.2) is 46.8 Å². The molecule has 0 radical (unpaired) electrons. The van der Waals surface area contributed by atoms with Gasteiger partial charge in [0, 0.05) is 26.1 Å². The Balaban J connectivity index is 1.40.